The van der Waals surface area contributed by atoms with Gasteiger partial charge in [-0.1, -0.05) is 0 Å². The lowest BCUT2D eigenvalue weighted by Gasteiger charge is -2.19. The van der Waals surface area contributed by atoms with E-state index in [4.69, 9.17) is 4.74 Å². The predicted molar refractivity (Wildman–Crippen MR) is 121 cm³/mol. The van der Waals surface area contributed by atoms with Gasteiger partial charge in [0.05, 0.1) is 13.1 Å². The third kappa shape index (κ3) is 8.44. The minimum absolute atomic E-state index is 0. The zero-order valence-electron chi connectivity index (χ0n) is 17.2. The Kier molecular flexibility index (Phi) is 9.92. The van der Waals surface area contributed by atoms with Crippen LogP contribution in [0.4, 0.5) is 13.2 Å². The lowest BCUT2D eigenvalue weighted by molar-refractivity contribution is -0.143. The normalized spacial score (nSPS) is 20.8. The number of likely N-dealkylation sites (tertiary alicyclic amines) is 1. The molecule has 0 amide bonds. The number of aromatic nitrogens is 1. The number of rotatable bonds is 7. The molecular weight excluding hydrogens is 510 g/mol. The minimum atomic E-state index is -4.16. The summed E-state index contributed by atoms with van der Waals surface area (Å²) in [7, 11) is 0. The van der Waals surface area contributed by atoms with E-state index < -0.39 is 12.7 Å². The molecule has 2 N–H and O–H groups in total. The number of hydrogen-bond donors (Lipinski definition) is 2. The van der Waals surface area contributed by atoms with Gasteiger partial charge in [0.25, 0.3) is 0 Å². The van der Waals surface area contributed by atoms with E-state index in [9.17, 15) is 13.2 Å². The second kappa shape index (κ2) is 11.9. The molecule has 1 aromatic heterocycles. The van der Waals surface area contributed by atoms with E-state index in [2.05, 4.69) is 20.6 Å². The highest BCUT2D eigenvalue weighted by Crippen LogP contribution is 2.23. The molecule has 10 heteroatoms. The van der Waals surface area contributed by atoms with Crippen LogP contribution in [-0.2, 0) is 6.54 Å². The fourth-order valence-electron chi connectivity index (χ4n) is 3.82. The number of ether oxygens (including phenoxy) is 1. The van der Waals surface area contributed by atoms with Gasteiger partial charge in [-0.15, -0.1) is 24.0 Å². The molecule has 2 fully saturated rings. The summed E-state index contributed by atoms with van der Waals surface area (Å²) < 4.78 is 43.7. The summed E-state index contributed by atoms with van der Waals surface area (Å²) in [5.74, 6) is 1.24. The first-order valence-electron chi connectivity index (χ1n) is 10.4. The topological polar surface area (TPSA) is 61.8 Å². The Morgan fingerprint density at radius 2 is 2.07 bits per heavy atom. The summed E-state index contributed by atoms with van der Waals surface area (Å²) in [6, 6.07) is 3.76. The predicted octanol–water partition coefficient (Wildman–Crippen LogP) is 3.71. The summed E-state index contributed by atoms with van der Waals surface area (Å²) >= 11 is 0. The van der Waals surface area contributed by atoms with Gasteiger partial charge in [-0.25, -0.2) is 9.98 Å². The van der Waals surface area contributed by atoms with E-state index in [-0.39, 0.29) is 36.1 Å². The molecule has 6 nitrogen and oxygen atoms in total. The first-order chi connectivity index (χ1) is 13.9. The monoisotopic (exact) mass is 541 g/mol. The van der Waals surface area contributed by atoms with Crippen molar-refractivity contribution in [1.82, 2.24) is 20.5 Å². The molecule has 0 spiro atoms. The highest BCUT2D eigenvalue weighted by atomic mass is 127. The number of hydrogen-bond acceptors (Lipinski definition) is 4. The van der Waals surface area contributed by atoms with E-state index >= 15 is 0 Å². The molecule has 30 heavy (non-hydrogen) atoms. The average molecular weight is 541 g/mol. The smallest absolute Gasteiger partial charge is 0.401 e. The molecule has 1 unspecified atom stereocenters. The minimum Gasteiger partial charge on any atom is -0.474 e. The molecule has 170 valence electrons. The second-order valence-electron chi connectivity index (χ2n) is 7.70. The van der Waals surface area contributed by atoms with Gasteiger partial charge < -0.3 is 15.4 Å². The lowest BCUT2D eigenvalue weighted by atomic mass is 10.2. The van der Waals surface area contributed by atoms with E-state index in [1.807, 2.05) is 19.1 Å². The van der Waals surface area contributed by atoms with E-state index in [0.29, 0.717) is 44.4 Å². The molecule has 0 aromatic carbocycles. The van der Waals surface area contributed by atoms with Gasteiger partial charge >= 0.3 is 6.18 Å². The maximum absolute atomic E-state index is 12.6. The summed E-state index contributed by atoms with van der Waals surface area (Å²) in [6.07, 6.45) is 3.03. The number of nitrogens with one attached hydrogen (secondary N) is 2. The first kappa shape index (κ1) is 25.0. The van der Waals surface area contributed by atoms with Crippen molar-refractivity contribution in [3.8, 4) is 5.88 Å². The van der Waals surface area contributed by atoms with Crippen molar-refractivity contribution in [3.63, 3.8) is 0 Å². The fraction of sp³-hybridized carbons (Fsp3) is 0.700. The first-order valence-corrected chi connectivity index (χ1v) is 10.4. The number of pyridine rings is 1. The van der Waals surface area contributed by atoms with Gasteiger partial charge in [-0.3, -0.25) is 4.90 Å². The van der Waals surface area contributed by atoms with Crippen LogP contribution in [0.1, 0.15) is 44.6 Å². The average Bonchev–Trinajstić information content (AvgIpc) is 3.31. The Bertz CT molecular complexity index is 683. The molecule has 0 bridgehead atoms. The summed E-state index contributed by atoms with van der Waals surface area (Å²) in [6.45, 7) is 3.01. The molecule has 1 aliphatic heterocycles. The number of guanidine groups is 1. The summed E-state index contributed by atoms with van der Waals surface area (Å²) in [4.78, 5) is 10.3. The van der Waals surface area contributed by atoms with Gasteiger partial charge in [0.2, 0.25) is 5.88 Å². The van der Waals surface area contributed by atoms with Crippen LogP contribution in [0.15, 0.2) is 23.3 Å². The maximum Gasteiger partial charge on any atom is 0.401 e. The number of nitrogens with zero attached hydrogens (tertiary/aromatic N) is 3. The zero-order chi connectivity index (χ0) is 20.7. The van der Waals surface area contributed by atoms with Crippen LogP contribution in [0.5, 0.6) is 5.88 Å². The molecule has 0 radical (unpaired) electrons. The van der Waals surface area contributed by atoms with Crippen molar-refractivity contribution in [3.05, 3.63) is 23.9 Å². The van der Waals surface area contributed by atoms with Gasteiger partial charge in [-0.2, -0.15) is 13.2 Å². The molecule has 1 aliphatic carbocycles. The standard InChI is InChI=1S/C20H30F3N5O.HI/c1-2-24-19(27-16-8-10-28(13-16)14-20(21,22)23)26-12-15-7-9-25-18(11-15)29-17-5-3-4-6-17;/h7,9,11,16-17H,2-6,8,10,12-14H2,1H3,(H2,24,26,27);1H. The van der Waals surface area contributed by atoms with Crippen LogP contribution < -0.4 is 15.4 Å². The SMILES string of the molecule is CCNC(=NCc1ccnc(OC2CCCC2)c1)NC1CCN(CC(F)(F)F)C1.I. The van der Waals surface area contributed by atoms with Crippen LogP contribution in [0.2, 0.25) is 0 Å². The molecule has 1 aromatic rings. The fourth-order valence-corrected chi connectivity index (χ4v) is 3.82. The van der Waals surface area contributed by atoms with E-state index in [1.54, 1.807) is 6.20 Å². The Morgan fingerprint density at radius 3 is 2.77 bits per heavy atom. The number of alkyl halides is 3. The molecule has 1 atom stereocenters. The van der Waals surface area contributed by atoms with Crippen molar-refractivity contribution in [2.75, 3.05) is 26.2 Å². The number of aliphatic imine (C=N–C) groups is 1. The Labute approximate surface area is 193 Å². The molecule has 2 heterocycles. The van der Waals surface area contributed by atoms with E-state index in [1.165, 1.54) is 17.7 Å². The largest absolute Gasteiger partial charge is 0.474 e. The van der Waals surface area contributed by atoms with Crippen LogP contribution in [0.25, 0.3) is 0 Å². The second-order valence-corrected chi connectivity index (χ2v) is 7.70. The lowest BCUT2D eigenvalue weighted by Crippen LogP contribution is -2.45. The van der Waals surface area contributed by atoms with Gasteiger partial charge in [-0.05, 0) is 50.7 Å². The van der Waals surface area contributed by atoms with Crippen molar-refractivity contribution in [1.29, 1.82) is 0 Å². The molecule has 1 saturated heterocycles. The Hall–Kier alpha value is -1.30. The Morgan fingerprint density at radius 1 is 1.30 bits per heavy atom. The quantitative estimate of drug-likeness (QED) is 0.313. The third-order valence-electron chi connectivity index (χ3n) is 5.17. The van der Waals surface area contributed by atoms with Crippen molar-refractivity contribution < 1.29 is 17.9 Å². The molecular formula is C20H31F3IN5O. The molecule has 3 rings (SSSR count). The summed E-state index contributed by atoms with van der Waals surface area (Å²) in [5.41, 5.74) is 0.982. The van der Waals surface area contributed by atoms with Gasteiger partial charge in [0.15, 0.2) is 5.96 Å². The van der Waals surface area contributed by atoms with Crippen molar-refractivity contribution >= 4 is 29.9 Å². The van der Waals surface area contributed by atoms with Crippen LogP contribution in [-0.4, -0.2) is 60.3 Å². The molecule has 1 saturated carbocycles. The maximum atomic E-state index is 12.6. The highest BCUT2D eigenvalue weighted by Gasteiger charge is 2.34. The van der Waals surface area contributed by atoms with Crippen LogP contribution >= 0.6 is 24.0 Å². The highest BCUT2D eigenvalue weighted by molar-refractivity contribution is 14.0. The number of halogens is 4. The summed E-state index contributed by atoms with van der Waals surface area (Å²) in [5, 5.41) is 6.43. The Balaban J connectivity index is 0.00000320. The van der Waals surface area contributed by atoms with Gasteiger partial charge in [0.1, 0.15) is 6.10 Å². The third-order valence-corrected chi connectivity index (χ3v) is 5.17. The van der Waals surface area contributed by atoms with Crippen molar-refractivity contribution in [2.24, 2.45) is 4.99 Å². The van der Waals surface area contributed by atoms with Crippen LogP contribution in [0.3, 0.4) is 0 Å². The van der Waals surface area contributed by atoms with E-state index in [0.717, 1.165) is 18.4 Å². The van der Waals surface area contributed by atoms with Gasteiger partial charge in [0, 0.05) is 37.9 Å². The van der Waals surface area contributed by atoms with Crippen molar-refractivity contribution in [2.45, 2.75) is 63.9 Å². The molecule has 2 aliphatic rings. The van der Waals surface area contributed by atoms with Crippen LogP contribution in [0, 0.1) is 0 Å². The zero-order valence-corrected chi connectivity index (χ0v) is 19.6.